The van der Waals surface area contributed by atoms with Crippen LogP contribution in [0.3, 0.4) is 0 Å². The number of aryl methyl sites for hydroxylation is 2. The quantitative estimate of drug-likeness (QED) is 0.867. The van der Waals surface area contributed by atoms with Gasteiger partial charge >= 0.3 is 6.18 Å². The number of benzene rings is 1. The molecule has 138 valence electrons. The third-order valence-electron chi connectivity index (χ3n) is 3.22. The standard InChI is InChI=1S/C16H23F3N2O2.ClH/c1-10-6-12(8-21(5)14(22)15(3,4)20)7-11(2)13(10)23-9-16(17,18)19;/h6-7H,8-9,20H2,1-5H3;1H. The van der Waals surface area contributed by atoms with E-state index in [0.29, 0.717) is 17.7 Å². The maximum atomic E-state index is 12.3. The van der Waals surface area contributed by atoms with Crippen LogP contribution in [0.2, 0.25) is 0 Å². The number of nitrogens with zero attached hydrogens (tertiary/aromatic N) is 1. The largest absolute Gasteiger partial charge is 0.484 e. The van der Waals surface area contributed by atoms with Crippen molar-refractivity contribution in [1.82, 2.24) is 4.90 Å². The van der Waals surface area contributed by atoms with Gasteiger partial charge in [-0.15, -0.1) is 12.4 Å². The summed E-state index contributed by atoms with van der Waals surface area (Å²) in [6, 6.07) is 3.43. The average Bonchev–Trinajstić information content (AvgIpc) is 2.34. The number of ether oxygens (including phenoxy) is 1. The molecular weight excluding hydrogens is 345 g/mol. The summed E-state index contributed by atoms with van der Waals surface area (Å²) in [5.74, 6) is 0.00409. The van der Waals surface area contributed by atoms with Gasteiger partial charge in [-0.05, 0) is 44.4 Å². The van der Waals surface area contributed by atoms with Crippen molar-refractivity contribution in [1.29, 1.82) is 0 Å². The van der Waals surface area contributed by atoms with Crippen LogP contribution in [0.25, 0.3) is 0 Å². The number of carbonyl (C=O) groups excluding carboxylic acids is 1. The minimum absolute atomic E-state index is 0. The smallest absolute Gasteiger partial charge is 0.422 e. The van der Waals surface area contributed by atoms with Gasteiger partial charge in [0.25, 0.3) is 0 Å². The summed E-state index contributed by atoms with van der Waals surface area (Å²) in [7, 11) is 1.63. The maximum absolute atomic E-state index is 12.3. The minimum atomic E-state index is -4.38. The van der Waals surface area contributed by atoms with E-state index in [4.69, 9.17) is 10.5 Å². The van der Waals surface area contributed by atoms with Crippen LogP contribution < -0.4 is 10.5 Å². The van der Waals surface area contributed by atoms with Crippen LogP contribution in [0.15, 0.2) is 12.1 Å². The second-order valence-electron chi connectivity index (χ2n) is 6.35. The first-order valence-electron chi connectivity index (χ1n) is 7.15. The first-order chi connectivity index (χ1) is 10.3. The lowest BCUT2D eigenvalue weighted by atomic mass is 10.0. The lowest BCUT2D eigenvalue weighted by Crippen LogP contribution is -2.49. The minimum Gasteiger partial charge on any atom is -0.484 e. The van der Waals surface area contributed by atoms with Gasteiger partial charge in [0.1, 0.15) is 5.75 Å². The molecule has 1 aromatic rings. The third-order valence-corrected chi connectivity index (χ3v) is 3.22. The molecule has 0 spiro atoms. The third kappa shape index (κ3) is 6.57. The van der Waals surface area contributed by atoms with Crippen LogP contribution in [-0.4, -0.2) is 36.2 Å². The van der Waals surface area contributed by atoms with Gasteiger partial charge in [-0.1, -0.05) is 12.1 Å². The average molecular weight is 369 g/mol. The Balaban J connectivity index is 0.00000529. The molecule has 0 saturated carbocycles. The van der Waals surface area contributed by atoms with E-state index in [0.717, 1.165) is 5.56 Å². The molecule has 0 aromatic heterocycles. The molecule has 0 saturated heterocycles. The number of carbonyl (C=O) groups is 1. The van der Waals surface area contributed by atoms with E-state index in [2.05, 4.69) is 0 Å². The monoisotopic (exact) mass is 368 g/mol. The number of likely N-dealkylation sites (N-methyl/N-ethyl adjacent to an activating group) is 1. The maximum Gasteiger partial charge on any atom is 0.422 e. The summed E-state index contributed by atoms with van der Waals surface area (Å²) in [6.45, 7) is 5.59. The van der Waals surface area contributed by atoms with Crippen LogP contribution >= 0.6 is 12.4 Å². The Kier molecular flexibility index (Phi) is 7.58. The van der Waals surface area contributed by atoms with E-state index in [1.54, 1.807) is 46.9 Å². The highest BCUT2D eigenvalue weighted by molar-refractivity contribution is 5.85. The van der Waals surface area contributed by atoms with Gasteiger partial charge in [0, 0.05) is 13.6 Å². The van der Waals surface area contributed by atoms with E-state index in [9.17, 15) is 18.0 Å². The number of hydrogen-bond acceptors (Lipinski definition) is 3. The number of amides is 1. The Morgan fingerprint density at radius 3 is 2.04 bits per heavy atom. The Hall–Kier alpha value is -1.47. The number of nitrogens with two attached hydrogens (primary N) is 1. The fourth-order valence-corrected chi connectivity index (χ4v) is 2.35. The summed E-state index contributed by atoms with van der Waals surface area (Å²) >= 11 is 0. The molecule has 24 heavy (non-hydrogen) atoms. The molecule has 0 aliphatic heterocycles. The molecule has 0 unspecified atom stereocenters. The number of alkyl halides is 3. The van der Waals surface area contributed by atoms with Crippen LogP contribution in [-0.2, 0) is 11.3 Å². The van der Waals surface area contributed by atoms with Crippen LogP contribution in [0.1, 0.15) is 30.5 Å². The summed E-state index contributed by atoms with van der Waals surface area (Å²) in [5, 5.41) is 0. The van der Waals surface area contributed by atoms with Gasteiger partial charge in [-0.2, -0.15) is 13.2 Å². The second-order valence-corrected chi connectivity index (χ2v) is 6.35. The molecule has 2 N–H and O–H groups in total. The molecule has 0 bridgehead atoms. The van der Waals surface area contributed by atoms with Gasteiger partial charge in [-0.25, -0.2) is 0 Å². The van der Waals surface area contributed by atoms with E-state index in [-0.39, 0.29) is 24.1 Å². The zero-order valence-electron chi connectivity index (χ0n) is 14.5. The Morgan fingerprint density at radius 1 is 1.21 bits per heavy atom. The predicted octanol–water partition coefficient (Wildman–Crippen LogP) is 3.36. The molecular formula is C16H24ClF3N2O2. The normalized spacial score (nSPS) is 11.7. The van der Waals surface area contributed by atoms with Crippen molar-refractivity contribution in [3.8, 4) is 5.75 Å². The lowest BCUT2D eigenvalue weighted by molar-refractivity contribution is -0.153. The van der Waals surface area contributed by atoms with Gasteiger partial charge in [0.05, 0.1) is 5.54 Å². The van der Waals surface area contributed by atoms with Crippen molar-refractivity contribution in [3.05, 3.63) is 28.8 Å². The van der Waals surface area contributed by atoms with Gasteiger partial charge in [0.2, 0.25) is 5.91 Å². The van der Waals surface area contributed by atoms with Crippen molar-refractivity contribution in [2.24, 2.45) is 5.73 Å². The van der Waals surface area contributed by atoms with Crippen LogP contribution in [0, 0.1) is 13.8 Å². The van der Waals surface area contributed by atoms with E-state index in [1.807, 2.05) is 0 Å². The Bertz CT molecular complexity index is 561. The summed E-state index contributed by atoms with van der Waals surface area (Å²) in [5.41, 5.74) is 6.80. The van der Waals surface area contributed by atoms with Crippen molar-refractivity contribution in [2.75, 3.05) is 13.7 Å². The SMILES string of the molecule is Cc1cc(CN(C)C(=O)C(C)(C)N)cc(C)c1OCC(F)(F)F.Cl. The van der Waals surface area contributed by atoms with Crippen molar-refractivity contribution < 1.29 is 22.7 Å². The highest BCUT2D eigenvalue weighted by Crippen LogP contribution is 2.27. The first kappa shape index (κ1) is 22.5. The van der Waals surface area contributed by atoms with Gasteiger partial charge in [0.15, 0.2) is 6.61 Å². The second kappa shape index (κ2) is 8.07. The fourth-order valence-electron chi connectivity index (χ4n) is 2.35. The lowest BCUT2D eigenvalue weighted by Gasteiger charge is -2.26. The molecule has 8 heteroatoms. The summed E-state index contributed by atoms with van der Waals surface area (Å²) in [4.78, 5) is 13.6. The first-order valence-corrected chi connectivity index (χ1v) is 7.15. The molecule has 1 amide bonds. The highest BCUT2D eigenvalue weighted by atomic mass is 35.5. The molecule has 1 aromatic carbocycles. The highest BCUT2D eigenvalue weighted by Gasteiger charge is 2.29. The van der Waals surface area contributed by atoms with Crippen LogP contribution in [0.4, 0.5) is 13.2 Å². The van der Waals surface area contributed by atoms with Crippen molar-refractivity contribution in [2.45, 2.75) is 46.0 Å². The van der Waals surface area contributed by atoms with E-state index in [1.165, 1.54) is 4.90 Å². The number of halogens is 4. The predicted molar refractivity (Wildman–Crippen MR) is 89.5 cm³/mol. The summed E-state index contributed by atoms with van der Waals surface area (Å²) < 4.78 is 41.7. The summed E-state index contributed by atoms with van der Waals surface area (Å²) in [6.07, 6.45) is -4.38. The molecule has 0 heterocycles. The number of hydrogen-bond donors (Lipinski definition) is 1. The molecule has 0 radical (unpaired) electrons. The van der Waals surface area contributed by atoms with Crippen LogP contribution in [0.5, 0.6) is 5.75 Å². The zero-order chi connectivity index (χ0) is 18.0. The van der Waals surface area contributed by atoms with Gasteiger partial charge < -0.3 is 15.4 Å². The van der Waals surface area contributed by atoms with E-state index >= 15 is 0 Å². The molecule has 0 fully saturated rings. The molecule has 1 rings (SSSR count). The zero-order valence-corrected chi connectivity index (χ0v) is 15.3. The number of rotatable bonds is 5. The van der Waals surface area contributed by atoms with E-state index < -0.39 is 18.3 Å². The molecule has 4 nitrogen and oxygen atoms in total. The molecule has 0 atom stereocenters. The van der Waals surface area contributed by atoms with Crippen molar-refractivity contribution >= 4 is 18.3 Å². The molecule has 0 aliphatic rings. The topological polar surface area (TPSA) is 55.6 Å². The fraction of sp³-hybridized carbons (Fsp3) is 0.562. The molecule has 0 aliphatic carbocycles. The van der Waals surface area contributed by atoms with Gasteiger partial charge in [-0.3, -0.25) is 4.79 Å². The van der Waals surface area contributed by atoms with Crippen molar-refractivity contribution in [3.63, 3.8) is 0 Å². The Morgan fingerprint density at radius 2 is 1.67 bits per heavy atom. The Labute approximate surface area is 146 Å².